The van der Waals surface area contributed by atoms with Crippen molar-refractivity contribution < 1.29 is 4.79 Å². The highest BCUT2D eigenvalue weighted by atomic mass is 35.5. The summed E-state index contributed by atoms with van der Waals surface area (Å²) in [7, 11) is 0. The number of hydrogen-bond acceptors (Lipinski definition) is 2. The van der Waals surface area contributed by atoms with E-state index in [4.69, 9.17) is 11.8 Å². The van der Waals surface area contributed by atoms with Crippen LogP contribution in [-0.4, -0.2) is 18.5 Å². The molecule has 0 atom stereocenters. The summed E-state index contributed by atoms with van der Waals surface area (Å²) < 4.78 is 0. The van der Waals surface area contributed by atoms with Crippen molar-refractivity contribution in [3.8, 4) is 0 Å². The molecule has 1 aliphatic rings. The van der Waals surface area contributed by atoms with E-state index in [9.17, 15) is 4.79 Å². The average Bonchev–Trinajstić information content (AvgIpc) is 2.06. The third-order valence-corrected chi connectivity index (χ3v) is 2.33. The summed E-state index contributed by atoms with van der Waals surface area (Å²) in [5, 5.41) is 2.93. The molecule has 1 saturated carbocycles. The number of halogens is 1. The Morgan fingerprint density at radius 3 is 2.58 bits per heavy atom. The van der Waals surface area contributed by atoms with Gasteiger partial charge < -0.3 is 5.32 Å². The van der Waals surface area contributed by atoms with Gasteiger partial charge in [-0.05, 0) is 24.6 Å². The van der Waals surface area contributed by atoms with Gasteiger partial charge in [0.1, 0.15) is 0 Å². The maximum atomic E-state index is 11.1. The molecule has 0 aromatic carbocycles. The van der Waals surface area contributed by atoms with E-state index in [1.165, 1.54) is 19.3 Å². The Kier molecular flexibility index (Phi) is 4.40. The standard InChI is InChI=1S/C8H15ClN2O/c9-10-6-8(12)11-7-4-2-1-3-5-7/h7,10H,1-6H2,(H,11,12). The fourth-order valence-corrected chi connectivity index (χ4v) is 1.71. The van der Waals surface area contributed by atoms with Crippen LogP contribution in [-0.2, 0) is 4.79 Å². The molecule has 1 rings (SSSR count). The first-order valence-electron chi connectivity index (χ1n) is 4.46. The van der Waals surface area contributed by atoms with Crippen LogP contribution in [0, 0.1) is 0 Å². The van der Waals surface area contributed by atoms with E-state index in [0.717, 1.165) is 12.8 Å². The number of rotatable bonds is 3. The monoisotopic (exact) mass is 190 g/mol. The van der Waals surface area contributed by atoms with Crippen LogP contribution < -0.4 is 10.2 Å². The van der Waals surface area contributed by atoms with Crippen LogP contribution >= 0.6 is 11.8 Å². The van der Waals surface area contributed by atoms with Crippen LogP contribution in [0.15, 0.2) is 0 Å². The molecule has 0 saturated heterocycles. The van der Waals surface area contributed by atoms with Gasteiger partial charge >= 0.3 is 0 Å². The van der Waals surface area contributed by atoms with Crippen molar-refractivity contribution in [3.05, 3.63) is 0 Å². The molecule has 0 aromatic heterocycles. The van der Waals surface area contributed by atoms with Crippen LogP contribution in [0.25, 0.3) is 0 Å². The van der Waals surface area contributed by atoms with E-state index in [2.05, 4.69) is 10.2 Å². The van der Waals surface area contributed by atoms with Crippen LogP contribution in [0.5, 0.6) is 0 Å². The van der Waals surface area contributed by atoms with E-state index >= 15 is 0 Å². The van der Waals surface area contributed by atoms with Gasteiger partial charge in [-0.1, -0.05) is 19.3 Å². The van der Waals surface area contributed by atoms with Gasteiger partial charge in [-0.3, -0.25) is 4.79 Å². The van der Waals surface area contributed by atoms with Crippen molar-refractivity contribution in [2.45, 2.75) is 38.1 Å². The van der Waals surface area contributed by atoms with E-state index in [-0.39, 0.29) is 12.5 Å². The minimum absolute atomic E-state index is 0.00287. The van der Waals surface area contributed by atoms with Crippen molar-refractivity contribution in [3.63, 3.8) is 0 Å². The quantitative estimate of drug-likeness (QED) is 0.657. The fourth-order valence-electron chi connectivity index (χ4n) is 1.59. The number of nitrogens with one attached hydrogen (secondary N) is 2. The minimum Gasteiger partial charge on any atom is -0.352 e. The van der Waals surface area contributed by atoms with E-state index in [1.54, 1.807) is 0 Å². The molecule has 0 aliphatic heterocycles. The summed E-state index contributed by atoms with van der Waals surface area (Å²) in [4.78, 5) is 13.4. The molecule has 1 amide bonds. The molecule has 70 valence electrons. The van der Waals surface area contributed by atoms with Crippen LogP contribution in [0.1, 0.15) is 32.1 Å². The van der Waals surface area contributed by atoms with E-state index in [1.807, 2.05) is 0 Å². The van der Waals surface area contributed by atoms with Crippen molar-refractivity contribution in [1.82, 2.24) is 10.2 Å². The molecule has 0 unspecified atom stereocenters. The lowest BCUT2D eigenvalue weighted by Crippen LogP contribution is -2.39. The summed E-state index contributed by atoms with van der Waals surface area (Å²) in [5.74, 6) is -0.00287. The zero-order valence-corrected chi connectivity index (χ0v) is 7.86. The van der Waals surface area contributed by atoms with Crippen LogP contribution in [0.3, 0.4) is 0 Å². The van der Waals surface area contributed by atoms with Gasteiger partial charge in [0.2, 0.25) is 5.91 Å². The first-order chi connectivity index (χ1) is 5.83. The summed E-state index contributed by atoms with van der Waals surface area (Å²) in [6.07, 6.45) is 6.01. The van der Waals surface area contributed by atoms with Crippen molar-refractivity contribution in [2.75, 3.05) is 6.54 Å². The predicted octanol–water partition coefficient (Wildman–Crippen LogP) is 1.18. The van der Waals surface area contributed by atoms with Gasteiger partial charge in [0.15, 0.2) is 0 Å². The smallest absolute Gasteiger partial charge is 0.235 e. The van der Waals surface area contributed by atoms with Gasteiger partial charge in [0, 0.05) is 6.04 Å². The van der Waals surface area contributed by atoms with Gasteiger partial charge in [-0.25, -0.2) is 4.84 Å². The third kappa shape index (κ3) is 3.41. The number of carbonyl (C=O) groups is 1. The molecular weight excluding hydrogens is 176 g/mol. The Morgan fingerprint density at radius 1 is 1.33 bits per heavy atom. The lowest BCUT2D eigenvalue weighted by atomic mass is 9.95. The molecule has 12 heavy (non-hydrogen) atoms. The molecule has 0 heterocycles. The van der Waals surface area contributed by atoms with Crippen LogP contribution in [0.4, 0.5) is 0 Å². The topological polar surface area (TPSA) is 41.1 Å². The molecule has 2 N–H and O–H groups in total. The van der Waals surface area contributed by atoms with Crippen molar-refractivity contribution in [2.24, 2.45) is 0 Å². The average molecular weight is 191 g/mol. The maximum Gasteiger partial charge on any atom is 0.235 e. The second-order valence-corrected chi connectivity index (χ2v) is 3.48. The second kappa shape index (κ2) is 5.38. The van der Waals surface area contributed by atoms with Gasteiger partial charge in [0.05, 0.1) is 6.54 Å². The zero-order chi connectivity index (χ0) is 8.81. The van der Waals surface area contributed by atoms with Gasteiger partial charge in [-0.15, -0.1) is 0 Å². The molecule has 0 bridgehead atoms. The molecule has 3 nitrogen and oxygen atoms in total. The first kappa shape index (κ1) is 9.81. The second-order valence-electron chi connectivity index (χ2n) is 3.21. The Balaban J connectivity index is 2.15. The Morgan fingerprint density at radius 2 is 2.00 bits per heavy atom. The molecule has 0 spiro atoms. The summed E-state index contributed by atoms with van der Waals surface area (Å²) in [6.45, 7) is 0.206. The lowest BCUT2D eigenvalue weighted by Gasteiger charge is -2.22. The zero-order valence-electron chi connectivity index (χ0n) is 7.11. The highest BCUT2D eigenvalue weighted by molar-refractivity contribution is 6.14. The Labute approximate surface area is 78.0 Å². The van der Waals surface area contributed by atoms with Crippen molar-refractivity contribution in [1.29, 1.82) is 0 Å². The highest BCUT2D eigenvalue weighted by Crippen LogP contribution is 2.16. The molecule has 0 radical (unpaired) electrons. The van der Waals surface area contributed by atoms with E-state index in [0.29, 0.717) is 6.04 Å². The molecular formula is C8H15ClN2O. The van der Waals surface area contributed by atoms with Crippen LogP contribution in [0.2, 0.25) is 0 Å². The third-order valence-electron chi connectivity index (χ3n) is 2.20. The lowest BCUT2D eigenvalue weighted by molar-refractivity contribution is -0.120. The molecule has 0 aromatic rings. The van der Waals surface area contributed by atoms with Gasteiger partial charge in [0.25, 0.3) is 0 Å². The normalized spacial score (nSPS) is 19.1. The molecule has 1 fully saturated rings. The number of hydrogen-bond donors (Lipinski definition) is 2. The molecule has 4 heteroatoms. The van der Waals surface area contributed by atoms with Gasteiger partial charge in [-0.2, -0.15) is 0 Å². The highest BCUT2D eigenvalue weighted by Gasteiger charge is 2.14. The SMILES string of the molecule is O=C(CNCl)NC1CCCCC1. The largest absolute Gasteiger partial charge is 0.352 e. The summed E-state index contributed by atoms with van der Waals surface area (Å²) in [6, 6.07) is 0.385. The minimum atomic E-state index is -0.00287. The Bertz CT molecular complexity index is 146. The summed E-state index contributed by atoms with van der Waals surface area (Å²) >= 11 is 5.20. The number of amides is 1. The first-order valence-corrected chi connectivity index (χ1v) is 4.83. The van der Waals surface area contributed by atoms with E-state index < -0.39 is 0 Å². The Hall–Kier alpha value is -0.280. The maximum absolute atomic E-state index is 11.1. The van der Waals surface area contributed by atoms with Crippen molar-refractivity contribution >= 4 is 17.7 Å². The molecule has 1 aliphatic carbocycles. The number of carbonyl (C=O) groups excluding carboxylic acids is 1. The summed E-state index contributed by atoms with van der Waals surface area (Å²) in [5.41, 5.74) is 0. The fraction of sp³-hybridized carbons (Fsp3) is 0.875. The predicted molar refractivity (Wildman–Crippen MR) is 48.9 cm³/mol.